The van der Waals surface area contributed by atoms with E-state index >= 15 is 0 Å². The molecule has 1 aliphatic heterocycles. The third-order valence-corrected chi connectivity index (χ3v) is 3.62. The van der Waals surface area contributed by atoms with Gasteiger partial charge in [-0.05, 0) is 39.3 Å². The molecule has 0 aromatic heterocycles. The van der Waals surface area contributed by atoms with Gasteiger partial charge in [-0.25, -0.2) is 0 Å². The first kappa shape index (κ1) is 18.6. The number of nitrogens with one attached hydrogen (secondary N) is 2. The molecule has 7 heteroatoms. The molecule has 0 aliphatic carbocycles. The monoisotopic (exact) mass is 345 g/mol. The lowest BCUT2D eigenvalue weighted by atomic mass is 10.1. The molecule has 4 amide bonds. The Morgan fingerprint density at radius 1 is 1.00 bits per heavy atom. The minimum atomic E-state index is -0.354. The van der Waals surface area contributed by atoms with Crippen LogP contribution in [0.1, 0.15) is 54.3 Å². The van der Waals surface area contributed by atoms with Crippen LogP contribution in [0.25, 0.3) is 0 Å². The maximum absolute atomic E-state index is 12.2. The molecular formula is C18H23N3O4. The highest BCUT2D eigenvalue weighted by Gasteiger charge is 2.34. The van der Waals surface area contributed by atoms with Crippen molar-refractivity contribution in [2.75, 3.05) is 13.1 Å². The molecule has 134 valence electrons. The van der Waals surface area contributed by atoms with E-state index in [1.807, 2.05) is 20.8 Å². The van der Waals surface area contributed by atoms with Crippen LogP contribution >= 0.6 is 0 Å². The van der Waals surface area contributed by atoms with Crippen LogP contribution in [-0.2, 0) is 9.59 Å². The van der Waals surface area contributed by atoms with Crippen molar-refractivity contribution < 1.29 is 19.2 Å². The van der Waals surface area contributed by atoms with Gasteiger partial charge < -0.3 is 10.6 Å². The number of imide groups is 1. The molecule has 0 radical (unpaired) electrons. The first-order chi connectivity index (χ1) is 11.7. The molecule has 0 fully saturated rings. The SMILES string of the molecule is CC(C)(C)NC(=O)CNC(=O)CCCN1C(=O)c2ccccc2C1=O. The summed E-state index contributed by atoms with van der Waals surface area (Å²) in [6.07, 6.45) is 0.481. The van der Waals surface area contributed by atoms with Gasteiger partial charge in [-0.15, -0.1) is 0 Å². The fraction of sp³-hybridized carbons (Fsp3) is 0.444. The Kier molecular flexibility index (Phi) is 5.56. The molecule has 2 N–H and O–H groups in total. The van der Waals surface area contributed by atoms with Gasteiger partial charge in [0.15, 0.2) is 0 Å². The Morgan fingerprint density at radius 3 is 2.08 bits per heavy atom. The van der Waals surface area contributed by atoms with E-state index in [0.29, 0.717) is 17.5 Å². The second-order valence-electron chi connectivity index (χ2n) is 6.99. The van der Waals surface area contributed by atoms with Gasteiger partial charge in [0.25, 0.3) is 11.8 Å². The average Bonchev–Trinajstić information content (AvgIpc) is 2.77. The number of carbonyl (C=O) groups excluding carboxylic acids is 4. The standard InChI is InChI=1S/C18H23N3O4/c1-18(2,3)20-15(23)11-19-14(22)9-6-10-21-16(24)12-7-4-5-8-13(12)17(21)25/h4-5,7-8H,6,9-11H2,1-3H3,(H,19,22)(H,20,23). The quantitative estimate of drug-likeness (QED) is 0.755. The van der Waals surface area contributed by atoms with E-state index < -0.39 is 0 Å². The zero-order valence-electron chi connectivity index (χ0n) is 14.7. The summed E-state index contributed by atoms with van der Waals surface area (Å²) in [4.78, 5) is 48.9. The Labute approximate surface area is 146 Å². The molecule has 0 saturated carbocycles. The van der Waals surface area contributed by atoms with Crippen molar-refractivity contribution in [1.29, 1.82) is 0 Å². The highest BCUT2D eigenvalue weighted by atomic mass is 16.2. The van der Waals surface area contributed by atoms with Gasteiger partial charge in [-0.3, -0.25) is 24.1 Å². The Morgan fingerprint density at radius 2 is 1.56 bits per heavy atom. The van der Waals surface area contributed by atoms with Gasteiger partial charge in [-0.1, -0.05) is 12.1 Å². The topological polar surface area (TPSA) is 95.6 Å². The summed E-state index contributed by atoms with van der Waals surface area (Å²) >= 11 is 0. The number of benzene rings is 1. The summed E-state index contributed by atoms with van der Waals surface area (Å²) in [5.74, 6) is -1.21. The van der Waals surface area contributed by atoms with Gasteiger partial charge in [-0.2, -0.15) is 0 Å². The normalized spacial score (nSPS) is 13.6. The largest absolute Gasteiger partial charge is 0.350 e. The number of rotatable bonds is 6. The second-order valence-corrected chi connectivity index (χ2v) is 6.99. The van der Waals surface area contributed by atoms with Crippen molar-refractivity contribution in [2.45, 2.75) is 39.2 Å². The maximum atomic E-state index is 12.2. The van der Waals surface area contributed by atoms with Crippen molar-refractivity contribution in [3.8, 4) is 0 Å². The zero-order valence-corrected chi connectivity index (χ0v) is 14.7. The van der Waals surface area contributed by atoms with E-state index in [1.165, 1.54) is 0 Å². The van der Waals surface area contributed by atoms with Gasteiger partial charge >= 0.3 is 0 Å². The molecule has 0 spiro atoms. The second kappa shape index (κ2) is 7.46. The average molecular weight is 345 g/mol. The van der Waals surface area contributed by atoms with E-state index in [-0.39, 0.29) is 48.7 Å². The van der Waals surface area contributed by atoms with E-state index in [1.54, 1.807) is 24.3 Å². The van der Waals surface area contributed by atoms with E-state index in [0.717, 1.165) is 4.90 Å². The summed E-state index contributed by atoms with van der Waals surface area (Å²) in [5.41, 5.74) is 0.444. The molecule has 0 atom stereocenters. The Bertz CT molecular complexity index is 672. The van der Waals surface area contributed by atoms with Gasteiger partial charge in [0.2, 0.25) is 11.8 Å². The molecule has 0 unspecified atom stereocenters. The highest BCUT2D eigenvalue weighted by Crippen LogP contribution is 2.22. The number of nitrogens with zero attached hydrogens (tertiary/aromatic N) is 1. The third kappa shape index (κ3) is 4.89. The minimum Gasteiger partial charge on any atom is -0.350 e. The molecule has 1 heterocycles. The Hall–Kier alpha value is -2.70. The summed E-state index contributed by atoms with van der Waals surface area (Å²) in [6.45, 7) is 5.65. The molecule has 1 aromatic rings. The Balaban J connectivity index is 1.75. The first-order valence-corrected chi connectivity index (χ1v) is 8.22. The summed E-state index contributed by atoms with van der Waals surface area (Å²) in [6, 6.07) is 6.67. The smallest absolute Gasteiger partial charge is 0.261 e. The number of amides is 4. The summed E-state index contributed by atoms with van der Waals surface area (Å²) < 4.78 is 0. The molecule has 1 aromatic carbocycles. The summed E-state index contributed by atoms with van der Waals surface area (Å²) in [7, 11) is 0. The molecule has 0 saturated heterocycles. The molecule has 1 aliphatic rings. The van der Waals surface area contributed by atoms with Crippen LogP contribution in [0.5, 0.6) is 0 Å². The van der Waals surface area contributed by atoms with Crippen LogP contribution in [-0.4, -0.2) is 47.2 Å². The predicted molar refractivity (Wildman–Crippen MR) is 91.9 cm³/mol. The van der Waals surface area contributed by atoms with Crippen LogP contribution in [0.15, 0.2) is 24.3 Å². The fourth-order valence-corrected chi connectivity index (χ4v) is 2.57. The van der Waals surface area contributed by atoms with Crippen molar-refractivity contribution in [3.63, 3.8) is 0 Å². The molecule has 0 bridgehead atoms. The number of carbonyl (C=O) groups is 4. The lowest BCUT2D eigenvalue weighted by Gasteiger charge is -2.20. The third-order valence-electron chi connectivity index (χ3n) is 3.62. The first-order valence-electron chi connectivity index (χ1n) is 8.22. The number of fused-ring (bicyclic) bond motifs is 1. The van der Waals surface area contributed by atoms with Crippen LogP contribution in [0.4, 0.5) is 0 Å². The van der Waals surface area contributed by atoms with Crippen LogP contribution in [0, 0.1) is 0 Å². The predicted octanol–water partition coefficient (Wildman–Crippen LogP) is 1.09. The van der Waals surface area contributed by atoms with Crippen molar-refractivity contribution >= 4 is 23.6 Å². The maximum Gasteiger partial charge on any atom is 0.261 e. The molecular weight excluding hydrogens is 322 g/mol. The van der Waals surface area contributed by atoms with Crippen LogP contribution < -0.4 is 10.6 Å². The summed E-state index contributed by atoms with van der Waals surface area (Å²) in [5, 5.41) is 5.28. The number of hydrogen-bond acceptors (Lipinski definition) is 4. The van der Waals surface area contributed by atoms with Crippen LogP contribution in [0.3, 0.4) is 0 Å². The lowest BCUT2D eigenvalue weighted by molar-refractivity contribution is -0.126. The fourth-order valence-electron chi connectivity index (χ4n) is 2.57. The van der Waals surface area contributed by atoms with Crippen molar-refractivity contribution in [2.24, 2.45) is 0 Å². The van der Waals surface area contributed by atoms with E-state index in [4.69, 9.17) is 0 Å². The van der Waals surface area contributed by atoms with Gasteiger partial charge in [0, 0.05) is 18.5 Å². The zero-order chi connectivity index (χ0) is 18.6. The van der Waals surface area contributed by atoms with E-state index in [9.17, 15) is 19.2 Å². The lowest BCUT2D eigenvalue weighted by Crippen LogP contribution is -2.45. The van der Waals surface area contributed by atoms with Gasteiger partial charge in [0.05, 0.1) is 17.7 Å². The van der Waals surface area contributed by atoms with Crippen molar-refractivity contribution in [1.82, 2.24) is 15.5 Å². The van der Waals surface area contributed by atoms with E-state index in [2.05, 4.69) is 10.6 Å². The molecule has 25 heavy (non-hydrogen) atoms. The molecule has 2 rings (SSSR count). The van der Waals surface area contributed by atoms with Gasteiger partial charge in [0.1, 0.15) is 0 Å². The van der Waals surface area contributed by atoms with Crippen molar-refractivity contribution in [3.05, 3.63) is 35.4 Å². The molecule has 7 nitrogen and oxygen atoms in total. The minimum absolute atomic E-state index is 0.0941. The van der Waals surface area contributed by atoms with Crippen LogP contribution in [0.2, 0.25) is 0 Å². The number of hydrogen-bond donors (Lipinski definition) is 2. The highest BCUT2D eigenvalue weighted by molar-refractivity contribution is 6.21.